The van der Waals surface area contributed by atoms with E-state index in [1.807, 2.05) is 213 Å². The molecule has 2 heterocycles. The first kappa shape index (κ1) is 90.7. The van der Waals surface area contributed by atoms with E-state index in [2.05, 4.69) is 256 Å². The number of methoxy groups -OCH3 is 1. The number of nitrogens with one attached hydrogen (secondary N) is 4. The molecule has 12 rings (SSSR count). The van der Waals surface area contributed by atoms with Gasteiger partial charge in [-0.1, -0.05) is 341 Å². The summed E-state index contributed by atoms with van der Waals surface area (Å²) >= 11 is 1.77. The first-order chi connectivity index (χ1) is 50.4. The Morgan fingerprint density at radius 3 is 0.757 bits per heavy atom. The van der Waals surface area contributed by atoms with Crippen molar-refractivity contribution >= 4 is 40.4 Å². The zero-order chi connectivity index (χ0) is 75.8. The van der Waals surface area contributed by atoms with Crippen molar-refractivity contribution in [1.82, 2.24) is 4.98 Å². The predicted molar refractivity (Wildman–Crippen MR) is 456 cm³/mol. The van der Waals surface area contributed by atoms with Crippen LogP contribution in [-0.2, 0) is 26.2 Å². The molecule has 0 aliphatic rings. The Hall–Kier alpha value is -10.3. The molecule has 0 aliphatic carbocycles. The van der Waals surface area contributed by atoms with Crippen LogP contribution in [0.15, 0.2) is 333 Å². The third kappa shape index (κ3) is 44.6. The highest BCUT2D eigenvalue weighted by atomic mass is 32.1. The number of ether oxygens (including phenoxy) is 1. The summed E-state index contributed by atoms with van der Waals surface area (Å²) in [6.45, 7) is 36.9. The summed E-state index contributed by atoms with van der Waals surface area (Å²) in [5, 5.41) is 17.8. The number of benzene rings is 10. The number of aldehydes is 1. The van der Waals surface area contributed by atoms with Gasteiger partial charge < -0.3 is 26.0 Å². The second-order valence-corrected chi connectivity index (χ2v) is 24.1. The van der Waals surface area contributed by atoms with Crippen molar-refractivity contribution in [2.24, 2.45) is 0 Å². The summed E-state index contributed by atoms with van der Waals surface area (Å²) in [5.74, 6) is 3.38. The number of hydrogen-bond acceptors (Lipinski definition) is 8. The zero-order valence-corrected chi connectivity index (χ0v) is 66.0. The molecule has 0 saturated carbocycles. The Bertz CT molecular complexity index is 3240. The van der Waals surface area contributed by atoms with Crippen molar-refractivity contribution in [3.8, 4) is 5.75 Å². The molecular formula is C95H123N5O2S. The Labute approximate surface area is 628 Å². The van der Waals surface area contributed by atoms with Crippen molar-refractivity contribution in [2.45, 2.75) is 161 Å². The lowest BCUT2D eigenvalue weighted by Crippen LogP contribution is -1.98. The number of hydrogen-bond donors (Lipinski definition) is 4. The van der Waals surface area contributed by atoms with E-state index in [4.69, 9.17) is 4.74 Å². The molecule has 103 heavy (non-hydrogen) atoms. The Balaban J connectivity index is 0.000000583. The number of anilines is 4. The van der Waals surface area contributed by atoms with Gasteiger partial charge in [-0.25, -0.2) is 0 Å². The SMILES string of the molecule is CC.CC.CC.CC.CC(C)c1ccc(C=O)cc1.CC(C)c1ccncc1.CC(C)c1ccsc1.COc1ccc(C(C)C)cc1.c1ccc(CNc2ccccc2)cc1.c1ccc(CNc2ccccc2)cc1.c1ccc(CNc2ccccc2)cc1.c1ccc(CNc2ccccc2)cc1. The number of nitrogens with zero attached hydrogens (tertiary/aromatic N) is 1. The van der Waals surface area contributed by atoms with Gasteiger partial charge in [-0.05, 0) is 158 Å². The topological polar surface area (TPSA) is 87.3 Å². The summed E-state index contributed by atoms with van der Waals surface area (Å²) in [6.07, 6.45) is 4.52. The van der Waals surface area contributed by atoms with Gasteiger partial charge in [-0.2, -0.15) is 11.3 Å². The number of aromatic nitrogens is 1. The van der Waals surface area contributed by atoms with Gasteiger partial charge in [0.05, 0.1) is 7.11 Å². The minimum Gasteiger partial charge on any atom is -0.497 e. The van der Waals surface area contributed by atoms with Gasteiger partial charge in [0.25, 0.3) is 0 Å². The lowest BCUT2D eigenvalue weighted by atomic mass is 10.0. The molecule has 12 aromatic rings. The van der Waals surface area contributed by atoms with Gasteiger partial charge in [0.2, 0.25) is 0 Å². The number of carbonyl (C=O) groups excluding carboxylic acids is 1. The highest BCUT2D eigenvalue weighted by Crippen LogP contribution is 2.20. The maximum atomic E-state index is 10.3. The van der Waals surface area contributed by atoms with Crippen molar-refractivity contribution in [3.63, 3.8) is 0 Å². The monoisotopic (exact) mass is 1400 g/mol. The van der Waals surface area contributed by atoms with E-state index in [-0.39, 0.29) is 0 Å². The van der Waals surface area contributed by atoms with Crippen LogP contribution >= 0.6 is 11.3 Å². The van der Waals surface area contributed by atoms with Gasteiger partial charge in [0.15, 0.2) is 0 Å². The molecule has 8 heteroatoms. The summed E-state index contributed by atoms with van der Waals surface area (Å²) in [4.78, 5) is 14.2. The first-order valence-corrected chi connectivity index (χ1v) is 37.8. The third-order valence-corrected chi connectivity index (χ3v) is 15.3. The van der Waals surface area contributed by atoms with E-state index < -0.39 is 0 Å². The van der Waals surface area contributed by atoms with Crippen LogP contribution in [-0.4, -0.2) is 18.4 Å². The minimum absolute atomic E-state index is 0.538. The fourth-order valence-electron chi connectivity index (χ4n) is 8.72. The minimum atomic E-state index is 0.538. The molecule has 0 radical (unpaired) electrons. The average Bonchev–Trinajstić information content (AvgIpc) is 1.46. The van der Waals surface area contributed by atoms with Crippen molar-refractivity contribution in [3.05, 3.63) is 383 Å². The van der Waals surface area contributed by atoms with Crippen molar-refractivity contribution in [1.29, 1.82) is 0 Å². The zero-order valence-electron chi connectivity index (χ0n) is 65.1. The molecule has 546 valence electrons. The van der Waals surface area contributed by atoms with Crippen LogP contribution in [0.5, 0.6) is 5.75 Å². The molecule has 10 aromatic carbocycles. The van der Waals surface area contributed by atoms with Gasteiger partial charge in [0.1, 0.15) is 12.0 Å². The second-order valence-electron chi connectivity index (χ2n) is 23.3. The van der Waals surface area contributed by atoms with E-state index in [9.17, 15) is 4.79 Å². The normalized spacial score (nSPS) is 9.37. The highest BCUT2D eigenvalue weighted by Gasteiger charge is 2.01. The number of thiophene rings is 1. The molecule has 0 amide bonds. The number of rotatable bonds is 18. The Morgan fingerprint density at radius 1 is 0.311 bits per heavy atom. The number of pyridine rings is 1. The van der Waals surface area contributed by atoms with Crippen LogP contribution < -0.4 is 26.0 Å². The van der Waals surface area contributed by atoms with Crippen molar-refractivity contribution < 1.29 is 9.53 Å². The van der Waals surface area contributed by atoms with Gasteiger partial charge in [0, 0.05) is 66.9 Å². The lowest BCUT2D eigenvalue weighted by Gasteiger charge is -2.05. The first-order valence-electron chi connectivity index (χ1n) is 36.8. The van der Waals surface area contributed by atoms with Crippen LogP contribution in [0.25, 0.3) is 0 Å². The molecule has 0 saturated heterocycles. The van der Waals surface area contributed by atoms with Crippen LogP contribution in [0.3, 0.4) is 0 Å². The van der Waals surface area contributed by atoms with Gasteiger partial charge in [-0.15, -0.1) is 0 Å². The van der Waals surface area contributed by atoms with Gasteiger partial charge in [-0.3, -0.25) is 9.78 Å². The molecule has 0 atom stereocenters. The molecule has 0 spiro atoms. The van der Waals surface area contributed by atoms with Crippen LogP contribution in [0, 0.1) is 0 Å². The average molecular weight is 1400 g/mol. The summed E-state index contributed by atoms with van der Waals surface area (Å²) in [6, 6.07) is 105. The molecule has 0 aliphatic heterocycles. The van der Waals surface area contributed by atoms with E-state index in [0.29, 0.717) is 23.7 Å². The smallest absolute Gasteiger partial charge is 0.150 e. The quantitative estimate of drug-likeness (QED) is 0.0637. The molecule has 0 unspecified atom stereocenters. The Morgan fingerprint density at radius 2 is 0.553 bits per heavy atom. The Kier molecular flexibility index (Phi) is 54.2. The number of carbonyl (C=O) groups is 1. The van der Waals surface area contributed by atoms with Crippen molar-refractivity contribution in [2.75, 3.05) is 28.4 Å². The molecule has 2 aromatic heterocycles. The molecule has 0 fully saturated rings. The molecular weight excluding hydrogens is 1280 g/mol. The fraction of sp³-hybridized carbons (Fsp3) is 0.263. The van der Waals surface area contributed by atoms with E-state index in [1.165, 1.54) is 44.5 Å². The lowest BCUT2D eigenvalue weighted by molar-refractivity contribution is 0.112. The fourth-order valence-corrected chi connectivity index (χ4v) is 9.55. The van der Waals surface area contributed by atoms with Crippen LogP contribution in [0.2, 0.25) is 0 Å². The van der Waals surface area contributed by atoms with E-state index >= 15 is 0 Å². The standard InChI is InChI=1S/4C13H13N.C10H14O.C10H12O.C8H11N.C7H10S.4C2H6/c4*1-3-7-12(8-4-1)11-14-13-9-5-2-6-10-13;1-8(2)9-4-6-10(11-3)7-5-9;1-8(2)10-5-3-9(7-11)4-6-10;1-7(2)8-3-5-9-6-4-8;1-6(2)7-3-4-8-5-7;4*1-2/h4*1-10,14H,11H2;4-8H,1-3H3;3-8H,1-2H3;3-7H,1-2H3;3-6H,1-2H3;4*1-2H3. The maximum Gasteiger partial charge on any atom is 0.150 e. The molecule has 4 N–H and O–H groups in total. The maximum absolute atomic E-state index is 10.3. The largest absolute Gasteiger partial charge is 0.497 e. The molecule has 0 bridgehead atoms. The summed E-state index contributed by atoms with van der Waals surface area (Å²) in [7, 11) is 1.68. The second kappa shape index (κ2) is 61.6. The third-order valence-electron chi connectivity index (χ3n) is 14.6. The van der Waals surface area contributed by atoms with Crippen LogP contribution in [0.4, 0.5) is 22.7 Å². The van der Waals surface area contributed by atoms with Crippen LogP contribution in [0.1, 0.15) is 189 Å². The number of para-hydroxylation sites is 4. The van der Waals surface area contributed by atoms with Gasteiger partial charge >= 0.3 is 0 Å². The van der Waals surface area contributed by atoms with E-state index in [0.717, 1.165) is 66.5 Å². The molecule has 7 nitrogen and oxygen atoms in total. The summed E-state index contributed by atoms with van der Waals surface area (Å²) < 4.78 is 5.05. The van der Waals surface area contributed by atoms with E-state index in [1.54, 1.807) is 18.4 Å². The highest BCUT2D eigenvalue weighted by molar-refractivity contribution is 7.08. The predicted octanol–water partition coefficient (Wildman–Crippen LogP) is 27.8. The summed E-state index contributed by atoms with van der Waals surface area (Å²) in [5.41, 5.74) is 16.0.